The van der Waals surface area contributed by atoms with Crippen molar-refractivity contribution >= 4 is 15.9 Å². The smallest absolute Gasteiger partial charge is 0.249 e. The first-order valence-corrected chi connectivity index (χ1v) is 14.6. The van der Waals surface area contributed by atoms with Gasteiger partial charge >= 0.3 is 0 Å². The Hall–Kier alpha value is -2.49. The maximum atomic E-state index is 13.7. The SMILES string of the molecule is COc1ccc(C2CCCCN2C(=O)COCC2CCCCN2S(=O)(=O)c2c(C)cc(C)cc2C)cn1. The summed E-state index contributed by atoms with van der Waals surface area (Å²) in [5.74, 6) is 0.472. The predicted octanol–water partition coefficient (Wildman–Crippen LogP) is 4.33. The number of hydrogen-bond donors (Lipinski definition) is 0. The minimum atomic E-state index is -3.67. The van der Waals surface area contributed by atoms with E-state index in [0.717, 1.165) is 60.8 Å². The highest BCUT2D eigenvalue weighted by molar-refractivity contribution is 7.89. The molecule has 2 saturated heterocycles. The fraction of sp³-hybridized carbons (Fsp3) is 0.571. The number of nitrogens with zero attached hydrogens (tertiary/aromatic N) is 3. The Labute approximate surface area is 221 Å². The number of aryl methyl sites for hydroxylation is 3. The van der Waals surface area contributed by atoms with Crippen molar-refractivity contribution < 1.29 is 22.7 Å². The van der Waals surface area contributed by atoms with Crippen LogP contribution in [0.15, 0.2) is 35.4 Å². The number of benzene rings is 1. The van der Waals surface area contributed by atoms with E-state index in [0.29, 0.717) is 23.9 Å². The summed E-state index contributed by atoms with van der Waals surface area (Å²) < 4.78 is 40.1. The number of methoxy groups -OCH3 is 1. The van der Waals surface area contributed by atoms with Gasteiger partial charge < -0.3 is 14.4 Å². The van der Waals surface area contributed by atoms with Crippen LogP contribution in [0.3, 0.4) is 0 Å². The molecule has 2 aliphatic heterocycles. The van der Waals surface area contributed by atoms with Crippen LogP contribution in [-0.2, 0) is 19.6 Å². The lowest BCUT2D eigenvalue weighted by atomic mass is 9.96. The van der Waals surface area contributed by atoms with Gasteiger partial charge in [0.2, 0.25) is 21.8 Å². The van der Waals surface area contributed by atoms with Crippen molar-refractivity contribution in [3.63, 3.8) is 0 Å². The predicted molar refractivity (Wildman–Crippen MR) is 142 cm³/mol. The summed E-state index contributed by atoms with van der Waals surface area (Å²) in [6.45, 7) is 6.97. The van der Waals surface area contributed by atoms with Gasteiger partial charge in [0, 0.05) is 31.4 Å². The van der Waals surface area contributed by atoms with Crippen LogP contribution in [0.2, 0.25) is 0 Å². The molecule has 1 amide bonds. The average molecular weight is 530 g/mol. The molecular weight excluding hydrogens is 490 g/mol. The van der Waals surface area contributed by atoms with Gasteiger partial charge in [-0.1, -0.05) is 30.2 Å². The fourth-order valence-corrected chi connectivity index (χ4v) is 7.89. The van der Waals surface area contributed by atoms with Gasteiger partial charge in [-0.2, -0.15) is 4.31 Å². The molecule has 0 spiro atoms. The molecule has 0 aliphatic carbocycles. The monoisotopic (exact) mass is 529 g/mol. The van der Waals surface area contributed by atoms with Crippen molar-refractivity contribution in [2.24, 2.45) is 0 Å². The molecule has 1 aromatic heterocycles. The fourth-order valence-electron chi connectivity index (χ4n) is 5.80. The number of rotatable bonds is 8. The zero-order chi connectivity index (χ0) is 26.6. The van der Waals surface area contributed by atoms with Crippen molar-refractivity contribution in [2.75, 3.05) is 33.4 Å². The van der Waals surface area contributed by atoms with Gasteiger partial charge in [-0.3, -0.25) is 4.79 Å². The summed E-state index contributed by atoms with van der Waals surface area (Å²) in [7, 11) is -2.09. The number of carbonyl (C=O) groups is 1. The van der Waals surface area contributed by atoms with Crippen LogP contribution in [-0.4, -0.2) is 68.0 Å². The molecule has 0 radical (unpaired) electrons. The number of carbonyl (C=O) groups excluding carboxylic acids is 1. The van der Waals surface area contributed by atoms with Crippen LogP contribution in [0.5, 0.6) is 5.88 Å². The lowest BCUT2D eigenvalue weighted by Crippen LogP contribution is -2.47. The second-order valence-corrected chi connectivity index (χ2v) is 12.1. The van der Waals surface area contributed by atoms with E-state index in [1.54, 1.807) is 17.6 Å². The molecule has 2 unspecified atom stereocenters. The Balaban J connectivity index is 1.42. The van der Waals surface area contributed by atoms with Gasteiger partial charge in [0.15, 0.2) is 0 Å². The lowest BCUT2D eigenvalue weighted by molar-refractivity contribution is -0.140. The van der Waals surface area contributed by atoms with E-state index in [1.807, 2.05) is 49.9 Å². The number of pyridine rings is 1. The molecule has 4 rings (SSSR count). The molecule has 2 aromatic rings. The van der Waals surface area contributed by atoms with E-state index in [1.165, 1.54) is 0 Å². The van der Waals surface area contributed by atoms with Crippen LogP contribution >= 0.6 is 0 Å². The number of likely N-dealkylation sites (tertiary alicyclic amines) is 1. The molecule has 0 bridgehead atoms. The number of aromatic nitrogens is 1. The van der Waals surface area contributed by atoms with Crippen molar-refractivity contribution in [1.82, 2.24) is 14.2 Å². The highest BCUT2D eigenvalue weighted by atomic mass is 32.2. The first kappa shape index (κ1) is 27.5. The van der Waals surface area contributed by atoms with E-state index < -0.39 is 10.0 Å². The first-order valence-electron chi connectivity index (χ1n) is 13.2. The molecular formula is C28H39N3O5S. The van der Waals surface area contributed by atoms with Crippen molar-refractivity contribution in [3.05, 3.63) is 52.7 Å². The summed E-state index contributed by atoms with van der Waals surface area (Å²) in [4.78, 5) is 19.8. The molecule has 0 saturated carbocycles. The number of hydrogen-bond acceptors (Lipinski definition) is 6. The second-order valence-electron chi connectivity index (χ2n) is 10.2. The standard InChI is InChI=1S/C28H39N3O5S/c1-20-15-21(2)28(22(3)16-20)37(33,34)31-14-8-5-9-24(31)18-36-19-27(32)30-13-7-6-10-25(30)23-11-12-26(35-4)29-17-23/h11-12,15-17,24-25H,5-10,13-14,18-19H2,1-4H3. The number of sulfonamides is 1. The van der Waals surface area contributed by atoms with Crippen molar-refractivity contribution in [3.8, 4) is 5.88 Å². The van der Waals surface area contributed by atoms with Gasteiger partial charge in [0.25, 0.3) is 0 Å². The molecule has 3 heterocycles. The summed E-state index contributed by atoms with van der Waals surface area (Å²) >= 11 is 0. The third-order valence-corrected chi connectivity index (χ3v) is 9.71. The number of piperidine rings is 2. The highest BCUT2D eigenvalue weighted by Gasteiger charge is 2.36. The quantitative estimate of drug-likeness (QED) is 0.506. The molecule has 8 nitrogen and oxygen atoms in total. The Morgan fingerprint density at radius 2 is 1.73 bits per heavy atom. The maximum absolute atomic E-state index is 13.7. The molecule has 9 heteroatoms. The molecule has 2 aliphatic rings. The number of ether oxygens (including phenoxy) is 2. The molecule has 1 aromatic carbocycles. The number of amides is 1. The third-order valence-electron chi connectivity index (χ3n) is 7.46. The normalized spacial score (nSPS) is 21.1. The lowest BCUT2D eigenvalue weighted by Gasteiger charge is -2.37. The summed E-state index contributed by atoms with van der Waals surface area (Å²) in [6.07, 6.45) is 7.15. The Morgan fingerprint density at radius 1 is 1.03 bits per heavy atom. The van der Waals surface area contributed by atoms with Crippen LogP contribution in [0, 0.1) is 20.8 Å². The molecule has 0 N–H and O–H groups in total. The van der Waals surface area contributed by atoms with E-state index >= 15 is 0 Å². The second kappa shape index (κ2) is 11.9. The summed E-state index contributed by atoms with van der Waals surface area (Å²) in [5, 5.41) is 0. The van der Waals surface area contributed by atoms with Crippen molar-refractivity contribution in [1.29, 1.82) is 0 Å². The largest absolute Gasteiger partial charge is 0.481 e. The van der Waals surface area contributed by atoms with Crippen LogP contribution in [0.25, 0.3) is 0 Å². The van der Waals surface area contributed by atoms with Crippen LogP contribution in [0.1, 0.15) is 66.8 Å². The Kier molecular flexibility index (Phi) is 8.87. The van der Waals surface area contributed by atoms with Gasteiger partial charge in [-0.15, -0.1) is 0 Å². The van der Waals surface area contributed by atoms with Crippen LogP contribution < -0.4 is 4.74 Å². The zero-order valence-corrected chi connectivity index (χ0v) is 23.2. The zero-order valence-electron chi connectivity index (χ0n) is 22.4. The maximum Gasteiger partial charge on any atom is 0.249 e. The molecule has 2 atom stereocenters. The Morgan fingerprint density at radius 3 is 2.41 bits per heavy atom. The summed E-state index contributed by atoms with van der Waals surface area (Å²) in [6, 6.07) is 7.29. The van der Waals surface area contributed by atoms with Crippen molar-refractivity contribution in [2.45, 2.75) is 76.3 Å². The van der Waals surface area contributed by atoms with E-state index in [-0.39, 0.29) is 31.2 Å². The van der Waals surface area contributed by atoms with Gasteiger partial charge in [-0.05, 0) is 69.6 Å². The Bertz CT molecular complexity index is 1180. The minimum absolute atomic E-state index is 0.0395. The first-order chi connectivity index (χ1) is 17.7. The van der Waals surface area contributed by atoms with Gasteiger partial charge in [0.1, 0.15) is 6.61 Å². The van der Waals surface area contributed by atoms with E-state index in [4.69, 9.17) is 9.47 Å². The molecule has 37 heavy (non-hydrogen) atoms. The molecule has 202 valence electrons. The van der Waals surface area contributed by atoms with E-state index in [2.05, 4.69) is 4.98 Å². The average Bonchev–Trinajstić information content (AvgIpc) is 2.88. The highest BCUT2D eigenvalue weighted by Crippen LogP contribution is 2.32. The van der Waals surface area contributed by atoms with Gasteiger partial charge in [0.05, 0.1) is 24.7 Å². The molecule has 2 fully saturated rings. The minimum Gasteiger partial charge on any atom is -0.481 e. The summed E-state index contributed by atoms with van der Waals surface area (Å²) in [5.41, 5.74) is 3.57. The third kappa shape index (κ3) is 6.16. The van der Waals surface area contributed by atoms with Gasteiger partial charge in [-0.25, -0.2) is 13.4 Å². The van der Waals surface area contributed by atoms with Crippen LogP contribution in [0.4, 0.5) is 0 Å². The topological polar surface area (TPSA) is 89.0 Å². The van der Waals surface area contributed by atoms with E-state index in [9.17, 15) is 13.2 Å².